The van der Waals surface area contributed by atoms with E-state index in [2.05, 4.69) is 5.32 Å². The fraction of sp³-hybridized carbons (Fsp3) is 0.150. The highest BCUT2D eigenvalue weighted by Crippen LogP contribution is 2.21. The molecule has 0 saturated heterocycles. The maximum atomic E-state index is 12.1. The van der Waals surface area contributed by atoms with Gasteiger partial charge < -0.3 is 10.1 Å². The number of para-hydroxylation sites is 1. The van der Waals surface area contributed by atoms with E-state index in [1.807, 2.05) is 74.5 Å². The largest absolute Gasteiger partial charge is 0.484 e. The van der Waals surface area contributed by atoms with Gasteiger partial charge in [0.25, 0.3) is 5.91 Å². The molecule has 116 valence electrons. The first-order chi connectivity index (χ1) is 11.1. The maximum absolute atomic E-state index is 12.1. The molecule has 0 radical (unpaired) electrons. The summed E-state index contributed by atoms with van der Waals surface area (Å²) in [4.78, 5) is 12.1. The van der Waals surface area contributed by atoms with E-state index < -0.39 is 0 Å². The molecular formula is C20H19NO2. The van der Waals surface area contributed by atoms with Gasteiger partial charge in [-0.3, -0.25) is 4.79 Å². The summed E-state index contributed by atoms with van der Waals surface area (Å²) >= 11 is 0. The van der Waals surface area contributed by atoms with Crippen molar-refractivity contribution in [1.82, 2.24) is 0 Å². The fourth-order valence-electron chi connectivity index (χ4n) is 2.59. The van der Waals surface area contributed by atoms with E-state index >= 15 is 0 Å². The number of aryl methyl sites for hydroxylation is 2. The molecule has 0 heterocycles. The van der Waals surface area contributed by atoms with Gasteiger partial charge in [-0.05, 0) is 47.9 Å². The molecule has 0 unspecified atom stereocenters. The van der Waals surface area contributed by atoms with Gasteiger partial charge in [0.05, 0.1) is 0 Å². The summed E-state index contributed by atoms with van der Waals surface area (Å²) in [5, 5.41) is 5.17. The summed E-state index contributed by atoms with van der Waals surface area (Å²) in [6, 6.07) is 19.8. The molecule has 23 heavy (non-hydrogen) atoms. The second kappa shape index (κ2) is 6.53. The van der Waals surface area contributed by atoms with Crippen molar-refractivity contribution in [1.29, 1.82) is 0 Å². The van der Waals surface area contributed by atoms with Crippen LogP contribution in [0.1, 0.15) is 11.1 Å². The third-order valence-electron chi connectivity index (χ3n) is 3.84. The first kappa shape index (κ1) is 15.1. The van der Waals surface area contributed by atoms with Crippen molar-refractivity contribution in [2.45, 2.75) is 13.8 Å². The lowest BCUT2D eigenvalue weighted by Crippen LogP contribution is -2.21. The highest BCUT2D eigenvalue weighted by Gasteiger charge is 2.08. The summed E-state index contributed by atoms with van der Waals surface area (Å²) in [6.07, 6.45) is 0. The smallest absolute Gasteiger partial charge is 0.262 e. The molecule has 0 bridgehead atoms. The Balaban J connectivity index is 1.66. The minimum absolute atomic E-state index is 0.00782. The van der Waals surface area contributed by atoms with Crippen molar-refractivity contribution in [3.63, 3.8) is 0 Å². The monoisotopic (exact) mass is 305 g/mol. The van der Waals surface area contributed by atoms with Crippen molar-refractivity contribution < 1.29 is 9.53 Å². The van der Waals surface area contributed by atoms with Gasteiger partial charge in [-0.2, -0.15) is 0 Å². The summed E-state index contributed by atoms with van der Waals surface area (Å²) in [5.74, 6) is 0.538. The molecule has 0 aliphatic heterocycles. The number of hydrogen-bond acceptors (Lipinski definition) is 2. The highest BCUT2D eigenvalue weighted by molar-refractivity contribution is 5.93. The van der Waals surface area contributed by atoms with E-state index in [9.17, 15) is 4.79 Å². The number of benzene rings is 3. The quantitative estimate of drug-likeness (QED) is 0.772. The molecule has 0 aliphatic rings. The van der Waals surface area contributed by atoms with E-state index in [0.29, 0.717) is 5.75 Å². The number of nitrogens with one attached hydrogen (secondary N) is 1. The van der Waals surface area contributed by atoms with Gasteiger partial charge in [0, 0.05) is 5.69 Å². The topological polar surface area (TPSA) is 38.3 Å². The lowest BCUT2D eigenvalue weighted by Gasteiger charge is -2.12. The average molecular weight is 305 g/mol. The number of carbonyl (C=O) groups excluding carboxylic acids is 1. The Morgan fingerprint density at radius 2 is 1.61 bits per heavy atom. The molecule has 3 rings (SSSR count). The number of hydrogen-bond donors (Lipinski definition) is 1. The molecule has 0 saturated carbocycles. The lowest BCUT2D eigenvalue weighted by molar-refractivity contribution is -0.118. The number of fused-ring (bicyclic) bond motifs is 1. The van der Waals surface area contributed by atoms with Crippen molar-refractivity contribution in [3.8, 4) is 5.75 Å². The van der Waals surface area contributed by atoms with Crippen LogP contribution in [0.15, 0.2) is 60.7 Å². The molecule has 3 nitrogen and oxygen atoms in total. The number of rotatable bonds is 4. The van der Waals surface area contributed by atoms with Gasteiger partial charge in [-0.15, -0.1) is 0 Å². The Labute approximate surface area is 135 Å². The molecule has 1 amide bonds. The molecule has 3 heteroatoms. The molecule has 0 atom stereocenters. The normalized spacial score (nSPS) is 10.5. The zero-order valence-electron chi connectivity index (χ0n) is 13.3. The van der Waals surface area contributed by atoms with E-state index in [1.165, 1.54) is 0 Å². The highest BCUT2D eigenvalue weighted by atomic mass is 16.5. The van der Waals surface area contributed by atoms with Crippen LogP contribution >= 0.6 is 0 Å². The fourth-order valence-corrected chi connectivity index (χ4v) is 2.59. The third-order valence-corrected chi connectivity index (χ3v) is 3.84. The molecule has 3 aromatic rings. The minimum atomic E-state index is -0.157. The number of carbonyl (C=O) groups is 1. The summed E-state index contributed by atoms with van der Waals surface area (Å²) in [7, 11) is 0. The Morgan fingerprint density at radius 1 is 0.913 bits per heavy atom. The van der Waals surface area contributed by atoms with E-state index in [-0.39, 0.29) is 12.5 Å². The van der Waals surface area contributed by atoms with Crippen LogP contribution in [0.3, 0.4) is 0 Å². The van der Waals surface area contributed by atoms with Crippen LogP contribution < -0.4 is 10.1 Å². The van der Waals surface area contributed by atoms with Gasteiger partial charge in [0.2, 0.25) is 0 Å². The lowest BCUT2D eigenvalue weighted by atomic mass is 10.1. The Hall–Kier alpha value is -2.81. The molecule has 0 aliphatic carbocycles. The van der Waals surface area contributed by atoms with E-state index in [0.717, 1.165) is 27.6 Å². The standard InChI is InChI=1S/C20H19NO2/c1-14-6-5-7-15(2)20(14)21-19(22)13-23-18-11-10-16-8-3-4-9-17(16)12-18/h3-12H,13H2,1-2H3,(H,21,22). The first-order valence-corrected chi connectivity index (χ1v) is 7.61. The zero-order valence-corrected chi connectivity index (χ0v) is 13.3. The van der Waals surface area contributed by atoms with Gasteiger partial charge in [0.15, 0.2) is 6.61 Å². The molecule has 0 spiro atoms. The predicted octanol–water partition coefficient (Wildman–Crippen LogP) is 4.47. The third kappa shape index (κ3) is 3.51. The zero-order chi connectivity index (χ0) is 16.2. The van der Waals surface area contributed by atoms with Crippen molar-refractivity contribution in [2.75, 3.05) is 11.9 Å². The summed E-state index contributed by atoms with van der Waals surface area (Å²) in [6.45, 7) is 3.95. The van der Waals surface area contributed by atoms with Crippen LogP contribution in [0.2, 0.25) is 0 Å². The molecule has 0 aromatic heterocycles. The number of amides is 1. The Morgan fingerprint density at radius 3 is 2.35 bits per heavy atom. The second-order valence-electron chi connectivity index (χ2n) is 5.61. The maximum Gasteiger partial charge on any atom is 0.262 e. The summed E-state index contributed by atoms with van der Waals surface area (Å²) in [5.41, 5.74) is 2.95. The van der Waals surface area contributed by atoms with Crippen LogP contribution in [-0.2, 0) is 4.79 Å². The minimum Gasteiger partial charge on any atom is -0.484 e. The Kier molecular flexibility index (Phi) is 4.29. The average Bonchev–Trinajstić information content (AvgIpc) is 2.56. The van der Waals surface area contributed by atoms with Gasteiger partial charge in [0.1, 0.15) is 5.75 Å². The van der Waals surface area contributed by atoms with Crippen molar-refractivity contribution in [2.24, 2.45) is 0 Å². The van der Waals surface area contributed by atoms with Gasteiger partial charge >= 0.3 is 0 Å². The van der Waals surface area contributed by atoms with E-state index in [4.69, 9.17) is 4.74 Å². The Bertz CT molecular complexity index is 835. The molecular weight excluding hydrogens is 286 g/mol. The van der Waals surface area contributed by atoms with Crippen LogP contribution in [0.4, 0.5) is 5.69 Å². The van der Waals surface area contributed by atoms with Crippen LogP contribution in [-0.4, -0.2) is 12.5 Å². The van der Waals surface area contributed by atoms with Crippen molar-refractivity contribution >= 4 is 22.4 Å². The molecule has 3 aromatic carbocycles. The van der Waals surface area contributed by atoms with Gasteiger partial charge in [-0.25, -0.2) is 0 Å². The first-order valence-electron chi connectivity index (χ1n) is 7.61. The van der Waals surface area contributed by atoms with Crippen LogP contribution in [0.5, 0.6) is 5.75 Å². The predicted molar refractivity (Wildman–Crippen MR) is 94.0 cm³/mol. The number of ether oxygens (including phenoxy) is 1. The summed E-state index contributed by atoms with van der Waals surface area (Å²) < 4.78 is 5.62. The van der Waals surface area contributed by atoms with E-state index in [1.54, 1.807) is 0 Å². The van der Waals surface area contributed by atoms with Gasteiger partial charge in [-0.1, -0.05) is 48.5 Å². The second-order valence-corrected chi connectivity index (χ2v) is 5.61. The van der Waals surface area contributed by atoms with Crippen molar-refractivity contribution in [3.05, 3.63) is 71.8 Å². The van der Waals surface area contributed by atoms with Crippen LogP contribution in [0, 0.1) is 13.8 Å². The number of anilines is 1. The van der Waals surface area contributed by atoms with Crippen LogP contribution in [0.25, 0.3) is 10.8 Å². The molecule has 0 fully saturated rings. The molecule has 1 N–H and O–H groups in total. The SMILES string of the molecule is Cc1cccc(C)c1NC(=O)COc1ccc2ccccc2c1.